The highest BCUT2D eigenvalue weighted by Crippen LogP contribution is 1.87. The van der Waals surface area contributed by atoms with Crippen LogP contribution in [0.4, 0.5) is 0 Å². The van der Waals surface area contributed by atoms with Crippen LogP contribution in [0.25, 0.3) is 0 Å². The monoisotopic (exact) mass is 173 g/mol. The summed E-state index contributed by atoms with van der Waals surface area (Å²) in [6.45, 7) is 3.31. The highest BCUT2D eigenvalue weighted by atomic mass is 16.2. The number of rotatable bonds is 4. The molecule has 0 radical (unpaired) electrons. The number of carbonyl (C=O) groups is 2. The molecule has 0 aliphatic carbocycles. The summed E-state index contributed by atoms with van der Waals surface area (Å²) >= 11 is 0. The van der Waals surface area contributed by atoms with Crippen LogP contribution in [0, 0.1) is 0 Å². The van der Waals surface area contributed by atoms with Gasteiger partial charge in [0.2, 0.25) is 11.8 Å². The van der Waals surface area contributed by atoms with Crippen molar-refractivity contribution in [1.82, 2.24) is 5.32 Å². The van der Waals surface area contributed by atoms with Crippen LogP contribution in [0.3, 0.4) is 0 Å². The quantitative estimate of drug-likeness (QED) is 0.493. The van der Waals surface area contributed by atoms with Gasteiger partial charge in [-0.2, -0.15) is 0 Å². The van der Waals surface area contributed by atoms with Gasteiger partial charge in [-0.25, -0.2) is 0 Å². The number of hydrogen-bond donors (Lipinski definition) is 3. The maximum atomic E-state index is 11.0. The van der Waals surface area contributed by atoms with E-state index in [9.17, 15) is 9.59 Å². The van der Waals surface area contributed by atoms with Crippen LogP contribution in [-0.4, -0.2) is 23.9 Å². The summed E-state index contributed by atoms with van der Waals surface area (Å²) in [6.07, 6.45) is 0.539. The fraction of sp³-hybridized carbons (Fsp3) is 0.714. The second kappa shape index (κ2) is 4.71. The summed E-state index contributed by atoms with van der Waals surface area (Å²) in [7, 11) is 0. The Morgan fingerprint density at radius 3 is 2.33 bits per heavy atom. The number of hydrogen-bond acceptors (Lipinski definition) is 3. The van der Waals surface area contributed by atoms with Gasteiger partial charge in [0.1, 0.15) is 6.04 Å². The van der Waals surface area contributed by atoms with Crippen LogP contribution in [0.15, 0.2) is 0 Å². The summed E-state index contributed by atoms with van der Waals surface area (Å²) in [4.78, 5) is 21.6. The minimum absolute atomic E-state index is 0.344. The fourth-order valence-electron chi connectivity index (χ4n) is 0.577. The lowest BCUT2D eigenvalue weighted by molar-refractivity contribution is -0.127. The van der Waals surface area contributed by atoms with E-state index < -0.39 is 18.0 Å². The molecule has 5 N–H and O–H groups in total. The molecule has 0 spiro atoms. The zero-order valence-electron chi connectivity index (χ0n) is 7.33. The number of amides is 2. The van der Waals surface area contributed by atoms with E-state index in [-0.39, 0.29) is 5.91 Å². The zero-order valence-corrected chi connectivity index (χ0v) is 7.33. The van der Waals surface area contributed by atoms with Gasteiger partial charge < -0.3 is 16.8 Å². The third-order valence-corrected chi connectivity index (χ3v) is 1.56. The molecule has 5 heteroatoms. The maximum absolute atomic E-state index is 11.0. The Morgan fingerprint density at radius 2 is 2.00 bits per heavy atom. The Labute approximate surface area is 71.5 Å². The molecule has 0 saturated carbocycles. The van der Waals surface area contributed by atoms with Crippen LogP contribution < -0.4 is 16.8 Å². The molecule has 0 aromatic carbocycles. The first kappa shape index (κ1) is 10.9. The maximum Gasteiger partial charge on any atom is 0.239 e. The molecule has 2 atom stereocenters. The van der Waals surface area contributed by atoms with Crippen molar-refractivity contribution < 1.29 is 9.59 Å². The zero-order chi connectivity index (χ0) is 9.72. The van der Waals surface area contributed by atoms with Gasteiger partial charge >= 0.3 is 0 Å². The Balaban J connectivity index is 3.92. The topological polar surface area (TPSA) is 98.2 Å². The summed E-state index contributed by atoms with van der Waals surface area (Å²) in [5.74, 6) is -0.907. The summed E-state index contributed by atoms with van der Waals surface area (Å²) < 4.78 is 0. The van der Waals surface area contributed by atoms with Crippen molar-refractivity contribution in [2.24, 2.45) is 11.5 Å². The number of nitrogens with two attached hydrogens (primary N) is 2. The van der Waals surface area contributed by atoms with Crippen molar-refractivity contribution in [2.45, 2.75) is 32.4 Å². The van der Waals surface area contributed by atoms with Crippen molar-refractivity contribution in [3.05, 3.63) is 0 Å². The summed E-state index contributed by atoms with van der Waals surface area (Å²) in [5.41, 5.74) is 10.3. The van der Waals surface area contributed by atoms with Gasteiger partial charge in [0.05, 0.1) is 6.04 Å². The Kier molecular flexibility index (Phi) is 4.28. The highest BCUT2D eigenvalue weighted by molar-refractivity contribution is 5.88. The van der Waals surface area contributed by atoms with Gasteiger partial charge in [-0.3, -0.25) is 9.59 Å². The lowest BCUT2D eigenvalue weighted by Crippen LogP contribution is -2.48. The highest BCUT2D eigenvalue weighted by Gasteiger charge is 2.16. The lowest BCUT2D eigenvalue weighted by Gasteiger charge is -2.13. The van der Waals surface area contributed by atoms with Crippen molar-refractivity contribution in [1.29, 1.82) is 0 Å². The van der Waals surface area contributed by atoms with Gasteiger partial charge in [0.25, 0.3) is 0 Å². The first-order chi connectivity index (χ1) is 5.49. The van der Waals surface area contributed by atoms with Crippen molar-refractivity contribution in [3.8, 4) is 0 Å². The molecule has 70 valence electrons. The van der Waals surface area contributed by atoms with E-state index in [0.29, 0.717) is 6.42 Å². The van der Waals surface area contributed by atoms with Gasteiger partial charge in [0, 0.05) is 0 Å². The second-order valence-corrected chi connectivity index (χ2v) is 2.65. The fourth-order valence-corrected chi connectivity index (χ4v) is 0.577. The molecule has 2 unspecified atom stereocenters. The molecular weight excluding hydrogens is 158 g/mol. The molecule has 0 aliphatic heterocycles. The molecule has 0 heterocycles. The van der Waals surface area contributed by atoms with Gasteiger partial charge in [0.15, 0.2) is 0 Å². The van der Waals surface area contributed by atoms with Crippen molar-refractivity contribution >= 4 is 11.8 Å². The molecule has 0 aromatic heterocycles. The van der Waals surface area contributed by atoms with E-state index in [1.165, 1.54) is 6.92 Å². The SMILES string of the molecule is CCC(N)C(=O)NC(C)C(N)=O. The average Bonchev–Trinajstić information content (AvgIpc) is 2.02. The molecule has 0 fully saturated rings. The van der Waals surface area contributed by atoms with E-state index in [0.717, 1.165) is 0 Å². The van der Waals surface area contributed by atoms with E-state index in [1.807, 2.05) is 0 Å². The van der Waals surface area contributed by atoms with Crippen LogP contribution in [0.5, 0.6) is 0 Å². The third kappa shape index (κ3) is 3.34. The molecule has 2 amide bonds. The molecule has 0 aliphatic rings. The smallest absolute Gasteiger partial charge is 0.239 e. The average molecular weight is 173 g/mol. The summed E-state index contributed by atoms with van der Waals surface area (Å²) in [5, 5.41) is 2.39. The minimum atomic E-state index is -0.657. The molecular formula is C7H15N3O2. The Bertz CT molecular complexity index is 181. The number of primary amides is 1. The molecule has 0 bridgehead atoms. The standard InChI is InChI=1S/C7H15N3O2/c1-3-5(8)7(12)10-4(2)6(9)11/h4-5H,3,8H2,1-2H3,(H2,9,11)(H,10,12). The number of carbonyl (C=O) groups excluding carboxylic acids is 2. The molecule has 12 heavy (non-hydrogen) atoms. The predicted molar refractivity (Wildman–Crippen MR) is 45.1 cm³/mol. The van der Waals surface area contributed by atoms with Crippen LogP contribution in [0.2, 0.25) is 0 Å². The lowest BCUT2D eigenvalue weighted by atomic mass is 10.2. The van der Waals surface area contributed by atoms with Gasteiger partial charge in [-0.15, -0.1) is 0 Å². The van der Waals surface area contributed by atoms with E-state index in [2.05, 4.69) is 5.32 Å². The van der Waals surface area contributed by atoms with Crippen LogP contribution in [0.1, 0.15) is 20.3 Å². The second-order valence-electron chi connectivity index (χ2n) is 2.65. The van der Waals surface area contributed by atoms with Gasteiger partial charge in [-0.05, 0) is 13.3 Å². The minimum Gasteiger partial charge on any atom is -0.368 e. The Hall–Kier alpha value is -1.10. The number of nitrogens with one attached hydrogen (secondary N) is 1. The van der Waals surface area contributed by atoms with Crippen molar-refractivity contribution in [3.63, 3.8) is 0 Å². The first-order valence-corrected chi connectivity index (χ1v) is 3.84. The van der Waals surface area contributed by atoms with Crippen molar-refractivity contribution in [2.75, 3.05) is 0 Å². The van der Waals surface area contributed by atoms with Crippen LogP contribution >= 0.6 is 0 Å². The molecule has 0 saturated heterocycles. The molecule has 5 nitrogen and oxygen atoms in total. The normalized spacial score (nSPS) is 14.9. The first-order valence-electron chi connectivity index (χ1n) is 3.84. The molecule has 0 rings (SSSR count). The predicted octanol–water partition coefficient (Wildman–Crippen LogP) is -1.29. The third-order valence-electron chi connectivity index (χ3n) is 1.56. The van der Waals surface area contributed by atoms with E-state index >= 15 is 0 Å². The van der Waals surface area contributed by atoms with E-state index in [1.54, 1.807) is 6.92 Å². The van der Waals surface area contributed by atoms with Crippen LogP contribution in [-0.2, 0) is 9.59 Å². The Morgan fingerprint density at radius 1 is 1.50 bits per heavy atom. The molecule has 0 aromatic rings. The van der Waals surface area contributed by atoms with E-state index in [4.69, 9.17) is 11.5 Å². The summed E-state index contributed by atoms with van der Waals surface area (Å²) in [6, 6.07) is -1.22. The van der Waals surface area contributed by atoms with Gasteiger partial charge in [-0.1, -0.05) is 6.92 Å². The largest absolute Gasteiger partial charge is 0.368 e.